The van der Waals surface area contributed by atoms with Gasteiger partial charge in [-0.05, 0) is 50.0 Å². The zero-order valence-electron chi connectivity index (χ0n) is 11.0. The van der Waals surface area contributed by atoms with E-state index in [9.17, 15) is 4.79 Å². The van der Waals surface area contributed by atoms with Crippen molar-refractivity contribution in [2.45, 2.75) is 32.2 Å². The van der Waals surface area contributed by atoms with Crippen LogP contribution in [-0.2, 0) is 4.79 Å². The van der Waals surface area contributed by atoms with E-state index in [1.807, 2.05) is 12.1 Å². The van der Waals surface area contributed by atoms with Crippen LogP contribution in [0.2, 0.25) is 0 Å². The van der Waals surface area contributed by atoms with E-state index < -0.39 is 5.97 Å². The molecule has 102 valence electrons. The first-order valence-corrected chi connectivity index (χ1v) is 7.34. The van der Waals surface area contributed by atoms with Gasteiger partial charge in [0, 0.05) is 28.8 Å². The van der Waals surface area contributed by atoms with E-state index in [0.717, 1.165) is 22.3 Å². The molecule has 0 aliphatic carbocycles. The molecular formula is C15H18BrNO2. The van der Waals surface area contributed by atoms with Crippen LogP contribution in [0.15, 0.2) is 28.7 Å². The highest BCUT2D eigenvalue weighted by Crippen LogP contribution is 2.31. The van der Waals surface area contributed by atoms with Gasteiger partial charge in [-0.1, -0.05) is 22.0 Å². The third-order valence-electron chi connectivity index (χ3n) is 3.51. The van der Waals surface area contributed by atoms with Crippen LogP contribution in [-0.4, -0.2) is 23.7 Å². The molecule has 0 amide bonds. The molecule has 0 saturated carbocycles. The summed E-state index contributed by atoms with van der Waals surface area (Å²) in [7, 11) is 0. The van der Waals surface area contributed by atoms with Gasteiger partial charge >= 0.3 is 5.97 Å². The first-order valence-electron chi connectivity index (χ1n) is 6.55. The summed E-state index contributed by atoms with van der Waals surface area (Å²) < 4.78 is 1.02. The molecule has 0 spiro atoms. The molecule has 1 saturated heterocycles. The van der Waals surface area contributed by atoms with Gasteiger partial charge in [0.25, 0.3) is 0 Å². The normalized spacial score (nSPS) is 19.9. The average molecular weight is 324 g/mol. The van der Waals surface area contributed by atoms with Crippen molar-refractivity contribution < 1.29 is 9.90 Å². The molecule has 19 heavy (non-hydrogen) atoms. The second-order valence-corrected chi connectivity index (χ2v) is 5.83. The number of nitrogens with zero attached hydrogens (tertiary/aromatic N) is 1. The predicted molar refractivity (Wildman–Crippen MR) is 81.5 cm³/mol. The van der Waals surface area contributed by atoms with Crippen LogP contribution >= 0.6 is 15.9 Å². The quantitative estimate of drug-likeness (QED) is 0.857. The van der Waals surface area contributed by atoms with E-state index in [-0.39, 0.29) is 0 Å². The van der Waals surface area contributed by atoms with E-state index in [2.05, 4.69) is 33.8 Å². The minimum Gasteiger partial charge on any atom is -0.478 e. The monoisotopic (exact) mass is 323 g/mol. The highest BCUT2D eigenvalue weighted by molar-refractivity contribution is 9.10. The summed E-state index contributed by atoms with van der Waals surface area (Å²) >= 11 is 3.50. The van der Waals surface area contributed by atoms with E-state index in [1.165, 1.54) is 25.3 Å². The fourth-order valence-electron chi connectivity index (χ4n) is 2.52. The van der Waals surface area contributed by atoms with Gasteiger partial charge in [0.05, 0.1) is 0 Å². The van der Waals surface area contributed by atoms with Gasteiger partial charge in [-0.2, -0.15) is 0 Å². The zero-order valence-corrected chi connectivity index (χ0v) is 12.6. The van der Waals surface area contributed by atoms with Crippen LogP contribution in [0.25, 0.3) is 6.08 Å². The van der Waals surface area contributed by atoms with Crippen molar-refractivity contribution in [3.8, 4) is 0 Å². The lowest BCUT2D eigenvalue weighted by molar-refractivity contribution is -0.131. The number of hydrogen-bond donors (Lipinski definition) is 1. The molecule has 1 aromatic rings. The van der Waals surface area contributed by atoms with Crippen LogP contribution in [0.1, 0.15) is 31.7 Å². The lowest BCUT2D eigenvalue weighted by Gasteiger charge is -2.36. The fraction of sp³-hybridized carbons (Fsp3) is 0.400. The van der Waals surface area contributed by atoms with Crippen molar-refractivity contribution in [2.24, 2.45) is 0 Å². The molecule has 1 aromatic carbocycles. The van der Waals surface area contributed by atoms with Gasteiger partial charge in [0.2, 0.25) is 0 Å². The second kappa shape index (κ2) is 6.24. The van der Waals surface area contributed by atoms with E-state index in [4.69, 9.17) is 5.11 Å². The number of carboxylic acids is 1. The number of rotatable bonds is 3. The fourth-order valence-corrected chi connectivity index (χ4v) is 2.87. The SMILES string of the molecule is CC1CCCCN1c1cc(Br)ccc1/C=C/C(=O)O. The van der Waals surface area contributed by atoms with Crippen LogP contribution < -0.4 is 4.90 Å². The summed E-state index contributed by atoms with van der Waals surface area (Å²) in [4.78, 5) is 13.1. The first kappa shape index (κ1) is 14.1. The van der Waals surface area contributed by atoms with Crippen LogP contribution in [0.4, 0.5) is 5.69 Å². The molecular weight excluding hydrogens is 306 g/mol. The maximum absolute atomic E-state index is 10.7. The van der Waals surface area contributed by atoms with Crippen molar-refractivity contribution in [1.29, 1.82) is 0 Å². The molecule has 4 heteroatoms. The van der Waals surface area contributed by atoms with Crippen molar-refractivity contribution in [2.75, 3.05) is 11.4 Å². The van der Waals surface area contributed by atoms with E-state index in [1.54, 1.807) is 6.08 Å². The van der Waals surface area contributed by atoms with Crippen LogP contribution in [0.3, 0.4) is 0 Å². The van der Waals surface area contributed by atoms with Gasteiger partial charge in [0.15, 0.2) is 0 Å². The highest BCUT2D eigenvalue weighted by atomic mass is 79.9. The standard InChI is InChI=1S/C15H18BrNO2/c1-11-4-2-3-9-17(11)14-10-13(16)7-5-12(14)6-8-15(18)19/h5-8,10-11H,2-4,9H2,1H3,(H,18,19)/b8-6+. The Bertz CT molecular complexity index is 499. The largest absolute Gasteiger partial charge is 0.478 e. The third-order valence-corrected chi connectivity index (χ3v) is 4.00. The summed E-state index contributed by atoms with van der Waals surface area (Å²) in [5.41, 5.74) is 2.07. The molecule has 0 aromatic heterocycles. The number of piperidine rings is 1. The number of aliphatic carboxylic acids is 1. The summed E-state index contributed by atoms with van der Waals surface area (Å²) in [6, 6.07) is 6.48. The summed E-state index contributed by atoms with van der Waals surface area (Å²) in [6.07, 6.45) is 6.52. The molecule has 3 nitrogen and oxygen atoms in total. The first-order chi connectivity index (χ1) is 9.08. The predicted octanol–water partition coefficient (Wildman–Crippen LogP) is 3.93. The van der Waals surface area contributed by atoms with Gasteiger partial charge in [0.1, 0.15) is 0 Å². The molecule has 2 rings (SSSR count). The van der Waals surface area contributed by atoms with Gasteiger partial charge in [-0.3, -0.25) is 0 Å². The molecule has 0 radical (unpaired) electrons. The van der Waals surface area contributed by atoms with Crippen molar-refractivity contribution in [3.05, 3.63) is 34.3 Å². The van der Waals surface area contributed by atoms with Crippen molar-refractivity contribution in [3.63, 3.8) is 0 Å². The Labute approximate surface area is 122 Å². The number of carboxylic acid groups (broad SMARTS) is 1. The Hall–Kier alpha value is -1.29. The lowest BCUT2D eigenvalue weighted by atomic mass is 10.0. The number of carbonyl (C=O) groups is 1. The van der Waals surface area contributed by atoms with Crippen LogP contribution in [0.5, 0.6) is 0 Å². The lowest BCUT2D eigenvalue weighted by Crippen LogP contribution is -2.37. The Morgan fingerprint density at radius 1 is 1.47 bits per heavy atom. The second-order valence-electron chi connectivity index (χ2n) is 4.91. The van der Waals surface area contributed by atoms with Crippen molar-refractivity contribution in [1.82, 2.24) is 0 Å². The Balaban J connectivity index is 2.36. The number of halogens is 1. The molecule has 1 atom stereocenters. The Morgan fingerprint density at radius 3 is 2.95 bits per heavy atom. The maximum atomic E-state index is 10.7. The van der Waals surface area contributed by atoms with Crippen LogP contribution in [0, 0.1) is 0 Å². The minimum absolute atomic E-state index is 0.500. The molecule has 1 aliphatic rings. The number of anilines is 1. The molecule has 1 heterocycles. The molecule has 1 N–H and O–H groups in total. The average Bonchev–Trinajstić information content (AvgIpc) is 2.37. The van der Waals surface area contributed by atoms with Gasteiger partial charge in [-0.15, -0.1) is 0 Å². The zero-order chi connectivity index (χ0) is 13.8. The van der Waals surface area contributed by atoms with Gasteiger partial charge < -0.3 is 10.0 Å². The highest BCUT2D eigenvalue weighted by Gasteiger charge is 2.20. The summed E-state index contributed by atoms with van der Waals surface area (Å²) in [6.45, 7) is 3.26. The van der Waals surface area contributed by atoms with Crippen molar-refractivity contribution >= 4 is 33.7 Å². The minimum atomic E-state index is -0.916. The molecule has 1 fully saturated rings. The smallest absolute Gasteiger partial charge is 0.328 e. The Morgan fingerprint density at radius 2 is 2.26 bits per heavy atom. The topological polar surface area (TPSA) is 40.5 Å². The summed E-state index contributed by atoms with van der Waals surface area (Å²) in [5.74, 6) is -0.916. The summed E-state index contributed by atoms with van der Waals surface area (Å²) in [5, 5.41) is 8.77. The van der Waals surface area contributed by atoms with E-state index in [0.29, 0.717) is 6.04 Å². The maximum Gasteiger partial charge on any atom is 0.328 e. The van der Waals surface area contributed by atoms with E-state index >= 15 is 0 Å². The van der Waals surface area contributed by atoms with Gasteiger partial charge in [-0.25, -0.2) is 4.79 Å². The molecule has 0 bridgehead atoms. The Kier molecular flexibility index (Phi) is 4.64. The number of benzene rings is 1. The third kappa shape index (κ3) is 3.60. The molecule has 1 aliphatic heterocycles. The molecule has 1 unspecified atom stereocenters. The number of hydrogen-bond acceptors (Lipinski definition) is 2.